The summed E-state index contributed by atoms with van der Waals surface area (Å²) in [6.45, 7) is 6.59. The van der Waals surface area contributed by atoms with E-state index in [0.717, 1.165) is 12.2 Å². The van der Waals surface area contributed by atoms with Crippen LogP contribution in [0, 0.1) is 13.8 Å². The molecule has 2 aromatic heterocycles. The van der Waals surface area contributed by atoms with Gasteiger partial charge in [-0.3, -0.25) is 0 Å². The van der Waals surface area contributed by atoms with Gasteiger partial charge in [0.05, 0.1) is 0 Å². The second-order valence-electron chi connectivity index (χ2n) is 5.00. The Morgan fingerprint density at radius 1 is 1.41 bits per heavy atom. The third-order valence-corrected chi connectivity index (χ3v) is 4.52. The standard InChI is InChI=1S/C14H18N2S/c1-9-6-10(2)16-14-13(9)12(8-17-14)11-4-3-5-15-7-11/h6,8,11,15H,3-5,7H2,1-2H3. The third kappa shape index (κ3) is 1.98. The number of nitrogens with zero attached hydrogens (tertiary/aromatic N) is 1. The van der Waals surface area contributed by atoms with E-state index >= 15 is 0 Å². The monoisotopic (exact) mass is 246 g/mol. The Kier molecular flexibility index (Phi) is 2.89. The molecule has 1 unspecified atom stereocenters. The maximum Gasteiger partial charge on any atom is 0.124 e. The number of thiophene rings is 1. The number of rotatable bonds is 1. The summed E-state index contributed by atoms with van der Waals surface area (Å²) in [5, 5.41) is 7.24. The molecule has 1 aliphatic heterocycles. The minimum Gasteiger partial charge on any atom is -0.316 e. The molecule has 3 heterocycles. The summed E-state index contributed by atoms with van der Waals surface area (Å²) in [6.07, 6.45) is 2.60. The number of fused-ring (bicyclic) bond motifs is 1. The first kappa shape index (κ1) is 11.2. The molecule has 1 saturated heterocycles. The molecule has 1 N–H and O–H groups in total. The highest BCUT2D eigenvalue weighted by Crippen LogP contribution is 2.35. The zero-order valence-corrected chi connectivity index (χ0v) is 11.2. The van der Waals surface area contributed by atoms with Gasteiger partial charge in [0.25, 0.3) is 0 Å². The lowest BCUT2D eigenvalue weighted by molar-refractivity contribution is 0.464. The van der Waals surface area contributed by atoms with Crippen LogP contribution in [0.3, 0.4) is 0 Å². The van der Waals surface area contributed by atoms with Gasteiger partial charge < -0.3 is 5.32 Å². The van der Waals surface area contributed by atoms with Gasteiger partial charge in [0.15, 0.2) is 0 Å². The van der Waals surface area contributed by atoms with Crippen molar-refractivity contribution in [2.75, 3.05) is 13.1 Å². The average Bonchev–Trinajstić information content (AvgIpc) is 2.74. The summed E-state index contributed by atoms with van der Waals surface area (Å²) in [7, 11) is 0. The Morgan fingerprint density at radius 3 is 3.06 bits per heavy atom. The topological polar surface area (TPSA) is 24.9 Å². The number of pyridine rings is 1. The van der Waals surface area contributed by atoms with Gasteiger partial charge in [-0.1, -0.05) is 0 Å². The molecule has 2 aromatic rings. The predicted molar refractivity (Wildman–Crippen MR) is 73.9 cm³/mol. The second kappa shape index (κ2) is 4.39. The number of nitrogens with one attached hydrogen (secondary N) is 1. The van der Waals surface area contributed by atoms with Gasteiger partial charge in [-0.05, 0) is 61.7 Å². The quantitative estimate of drug-likeness (QED) is 0.834. The summed E-state index contributed by atoms with van der Waals surface area (Å²) in [5.74, 6) is 0.681. The first-order valence-corrected chi connectivity index (χ1v) is 7.19. The smallest absolute Gasteiger partial charge is 0.124 e. The van der Waals surface area contributed by atoms with Gasteiger partial charge in [0.1, 0.15) is 4.83 Å². The van der Waals surface area contributed by atoms with Crippen molar-refractivity contribution in [2.45, 2.75) is 32.6 Å². The van der Waals surface area contributed by atoms with Crippen LogP contribution in [0.25, 0.3) is 10.2 Å². The summed E-state index contributed by atoms with van der Waals surface area (Å²) in [4.78, 5) is 5.86. The molecule has 0 saturated carbocycles. The van der Waals surface area contributed by atoms with Crippen LogP contribution in [0.15, 0.2) is 11.4 Å². The van der Waals surface area contributed by atoms with Crippen molar-refractivity contribution in [1.82, 2.24) is 10.3 Å². The Morgan fingerprint density at radius 2 is 2.29 bits per heavy atom. The van der Waals surface area contributed by atoms with Gasteiger partial charge in [-0.2, -0.15) is 0 Å². The van der Waals surface area contributed by atoms with E-state index in [-0.39, 0.29) is 0 Å². The Labute approximate surface area is 106 Å². The van der Waals surface area contributed by atoms with Crippen LogP contribution in [0.4, 0.5) is 0 Å². The molecule has 1 atom stereocenters. The van der Waals surface area contributed by atoms with E-state index in [1.165, 1.54) is 40.7 Å². The fourth-order valence-electron chi connectivity index (χ4n) is 2.83. The van der Waals surface area contributed by atoms with Crippen LogP contribution in [0.2, 0.25) is 0 Å². The molecule has 2 nitrogen and oxygen atoms in total. The van der Waals surface area contributed by atoms with Crippen molar-refractivity contribution in [1.29, 1.82) is 0 Å². The summed E-state index contributed by atoms with van der Waals surface area (Å²) < 4.78 is 0. The third-order valence-electron chi connectivity index (χ3n) is 3.63. The van der Waals surface area contributed by atoms with Gasteiger partial charge in [0.2, 0.25) is 0 Å². The lowest BCUT2D eigenvalue weighted by Gasteiger charge is -2.22. The minimum absolute atomic E-state index is 0.681. The highest BCUT2D eigenvalue weighted by Gasteiger charge is 2.20. The number of hydrogen-bond acceptors (Lipinski definition) is 3. The van der Waals surface area contributed by atoms with E-state index in [4.69, 9.17) is 0 Å². The lowest BCUT2D eigenvalue weighted by atomic mass is 9.91. The van der Waals surface area contributed by atoms with Crippen molar-refractivity contribution in [3.63, 3.8) is 0 Å². The first-order chi connectivity index (χ1) is 8.25. The largest absolute Gasteiger partial charge is 0.316 e. The fourth-order valence-corrected chi connectivity index (χ4v) is 3.98. The SMILES string of the molecule is Cc1cc(C)c2c(C3CCCNC3)csc2n1. The van der Waals surface area contributed by atoms with E-state index in [0.29, 0.717) is 5.92 Å². The first-order valence-electron chi connectivity index (χ1n) is 6.32. The number of hydrogen-bond donors (Lipinski definition) is 1. The second-order valence-corrected chi connectivity index (χ2v) is 5.85. The van der Waals surface area contributed by atoms with Gasteiger partial charge in [0, 0.05) is 17.6 Å². The van der Waals surface area contributed by atoms with Crippen LogP contribution >= 0.6 is 11.3 Å². The molecule has 0 aliphatic carbocycles. The van der Waals surface area contributed by atoms with Gasteiger partial charge in [-0.25, -0.2) is 4.98 Å². The van der Waals surface area contributed by atoms with Crippen LogP contribution in [0.1, 0.15) is 35.6 Å². The molecule has 0 spiro atoms. The van der Waals surface area contributed by atoms with E-state index in [1.54, 1.807) is 11.3 Å². The summed E-state index contributed by atoms with van der Waals surface area (Å²) >= 11 is 1.80. The molecule has 0 radical (unpaired) electrons. The Balaban J connectivity index is 2.10. The van der Waals surface area contributed by atoms with E-state index < -0.39 is 0 Å². The average molecular weight is 246 g/mol. The van der Waals surface area contributed by atoms with Crippen LogP contribution in [-0.2, 0) is 0 Å². The minimum atomic E-state index is 0.681. The molecular formula is C14H18N2S. The van der Waals surface area contributed by atoms with Crippen LogP contribution in [-0.4, -0.2) is 18.1 Å². The number of piperidine rings is 1. The predicted octanol–water partition coefficient (Wildman–Crippen LogP) is 3.38. The van der Waals surface area contributed by atoms with Crippen LogP contribution < -0.4 is 5.32 Å². The molecule has 17 heavy (non-hydrogen) atoms. The Hall–Kier alpha value is -0.930. The van der Waals surface area contributed by atoms with Crippen molar-refractivity contribution in [3.05, 3.63) is 28.3 Å². The molecule has 90 valence electrons. The van der Waals surface area contributed by atoms with Gasteiger partial charge in [-0.15, -0.1) is 11.3 Å². The van der Waals surface area contributed by atoms with E-state index in [9.17, 15) is 0 Å². The highest BCUT2D eigenvalue weighted by molar-refractivity contribution is 7.17. The van der Waals surface area contributed by atoms with Crippen molar-refractivity contribution >= 4 is 21.6 Å². The van der Waals surface area contributed by atoms with Crippen molar-refractivity contribution < 1.29 is 0 Å². The molecule has 3 rings (SSSR count). The summed E-state index contributed by atoms with van der Waals surface area (Å²) in [5.41, 5.74) is 4.03. The van der Waals surface area contributed by atoms with Crippen LogP contribution in [0.5, 0.6) is 0 Å². The number of aryl methyl sites for hydroxylation is 2. The lowest BCUT2D eigenvalue weighted by Crippen LogP contribution is -2.28. The molecule has 0 bridgehead atoms. The van der Waals surface area contributed by atoms with Crippen molar-refractivity contribution in [2.24, 2.45) is 0 Å². The molecular weight excluding hydrogens is 228 g/mol. The highest BCUT2D eigenvalue weighted by atomic mass is 32.1. The molecule has 3 heteroatoms. The molecule has 0 aromatic carbocycles. The Bertz CT molecular complexity index is 538. The summed E-state index contributed by atoms with van der Waals surface area (Å²) in [6, 6.07) is 2.20. The van der Waals surface area contributed by atoms with Gasteiger partial charge >= 0.3 is 0 Å². The maximum absolute atomic E-state index is 4.65. The zero-order valence-electron chi connectivity index (χ0n) is 10.4. The molecule has 1 aliphatic rings. The van der Waals surface area contributed by atoms with Crippen molar-refractivity contribution in [3.8, 4) is 0 Å². The maximum atomic E-state index is 4.65. The zero-order chi connectivity index (χ0) is 11.8. The molecule has 0 amide bonds. The fraction of sp³-hybridized carbons (Fsp3) is 0.500. The normalized spacial score (nSPS) is 20.9. The molecule has 1 fully saturated rings. The van der Waals surface area contributed by atoms with E-state index in [2.05, 4.69) is 35.6 Å². The number of aromatic nitrogens is 1. The van der Waals surface area contributed by atoms with E-state index in [1.807, 2.05) is 0 Å².